The average Bonchev–Trinajstić information content (AvgIpc) is 2.86. The minimum Gasteiger partial charge on any atom is -0.349 e. The Morgan fingerprint density at radius 1 is 1.53 bits per heavy atom. The second kappa shape index (κ2) is 4.36. The maximum absolute atomic E-state index is 11.4. The molecule has 2 aromatic rings. The van der Waals surface area contributed by atoms with Crippen molar-refractivity contribution in [2.75, 3.05) is 0 Å². The zero-order valence-corrected chi connectivity index (χ0v) is 7.92. The van der Waals surface area contributed by atoms with E-state index in [0.717, 1.165) is 5.69 Å². The normalized spacial score (nSPS) is 10.1. The second-order valence-electron chi connectivity index (χ2n) is 2.95. The number of aromatic amines is 1. The van der Waals surface area contributed by atoms with Gasteiger partial charge in [0.25, 0.3) is 0 Å². The Morgan fingerprint density at radius 3 is 3.13 bits per heavy atom. The second-order valence-corrected chi connectivity index (χ2v) is 2.95. The Morgan fingerprint density at radius 2 is 2.47 bits per heavy atom. The zero-order chi connectivity index (χ0) is 10.5. The molecule has 1 amide bonds. The number of rotatable bonds is 4. The first-order valence-electron chi connectivity index (χ1n) is 4.41. The number of H-pyrrole nitrogens is 1. The molecule has 0 saturated carbocycles. The molecule has 0 saturated heterocycles. The summed E-state index contributed by atoms with van der Waals surface area (Å²) in [6.07, 6.45) is 6.12. The number of nitrogens with zero attached hydrogens (tertiary/aromatic N) is 4. The van der Waals surface area contributed by atoms with E-state index in [1.165, 1.54) is 17.3 Å². The molecule has 0 aliphatic carbocycles. The fourth-order valence-corrected chi connectivity index (χ4v) is 1.09. The molecule has 15 heavy (non-hydrogen) atoms. The molecule has 0 unspecified atom stereocenters. The molecular weight excluding hydrogens is 196 g/mol. The summed E-state index contributed by atoms with van der Waals surface area (Å²) in [6.45, 7) is 0.613. The van der Waals surface area contributed by atoms with Crippen LogP contribution < -0.4 is 5.32 Å². The van der Waals surface area contributed by atoms with Crippen LogP contribution in [0.5, 0.6) is 0 Å². The van der Waals surface area contributed by atoms with Crippen LogP contribution in [0.3, 0.4) is 0 Å². The van der Waals surface area contributed by atoms with E-state index in [9.17, 15) is 4.79 Å². The van der Waals surface area contributed by atoms with E-state index in [1.807, 2.05) is 0 Å². The van der Waals surface area contributed by atoms with Gasteiger partial charge in [-0.2, -0.15) is 5.10 Å². The number of amides is 1. The molecule has 0 fully saturated rings. The van der Waals surface area contributed by atoms with Gasteiger partial charge in [0.2, 0.25) is 5.91 Å². The summed E-state index contributed by atoms with van der Waals surface area (Å²) in [4.78, 5) is 21.8. The Bertz CT molecular complexity index is 406. The van der Waals surface area contributed by atoms with Crippen LogP contribution in [0.15, 0.2) is 25.2 Å². The molecule has 0 bridgehead atoms. The first-order valence-corrected chi connectivity index (χ1v) is 4.41. The summed E-state index contributed by atoms with van der Waals surface area (Å²) >= 11 is 0. The zero-order valence-electron chi connectivity index (χ0n) is 7.92. The maximum atomic E-state index is 11.4. The van der Waals surface area contributed by atoms with Crippen LogP contribution in [0, 0.1) is 0 Å². The largest absolute Gasteiger partial charge is 0.349 e. The minimum atomic E-state index is -0.116. The van der Waals surface area contributed by atoms with E-state index in [2.05, 4.69) is 25.4 Å². The fourth-order valence-electron chi connectivity index (χ4n) is 1.09. The maximum Gasteiger partial charge on any atom is 0.242 e. The van der Waals surface area contributed by atoms with Gasteiger partial charge >= 0.3 is 0 Å². The van der Waals surface area contributed by atoms with Gasteiger partial charge in [0.15, 0.2) is 0 Å². The highest BCUT2D eigenvalue weighted by molar-refractivity contribution is 5.75. The van der Waals surface area contributed by atoms with E-state index in [1.54, 1.807) is 12.5 Å². The lowest BCUT2D eigenvalue weighted by molar-refractivity contribution is -0.122. The summed E-state index contributed by atoms with van der Waals surface area (Å²) in [5.74, 6) is -0.116. The summed E-state index contributed by atoms with van der Waals surface area (Å²) in [7, 11) is 0. The molecule has 78 valence electrons. The number of carbonyl (C=O) groups is 1. The van der Waals surface area contributed by atoms with E-state index >= 15 is 0 Å². The highest BCUT2D eigenvalue weighted by Crippen LogP contribution is 1.89. The minimum absolute atomic E-state index is 0.116. The van der Waals surface area contributed by atoms with Gasteiger partial charge in [-0.3, -0.25) is 4.79 Å². The van der Waals surface area contributed by atoms with Crippen molar-refractivity contribution < 1.29 is 4.79 Å². The molecular formula is C8H10N6O. The molecule has 0 radical (unpaired) electrons. The van der Waals surface area contributed by atoms with Gasteiger partial charge in [0, 0.05) is 6.20 Å². The number of aromatic nitrogens is 5. The highest BCUT2D eigenvalue weighted by atomic mass is 16.2. The van der Waals surface area contributed by atoms with Gasteiger partial charge in [0.1, 0.15) is 19.2 Å². The van der Waals surface area contributed by atoms with Crippen molar-refractivity contribution >= 4 is 5.91 Å². The molecule has 0 aromatic carbocycles. The lowest BCUT2D eigenvalue weighted by Gasteiger charge is -2.02. The Hall–Kier alpha value is -2.18. The van der Waals surface area contributed by atoms with E-state index in [0.29, 0.717) is 6.54 Å². The smallest absolute Gasteiger partial charge is 0.242 e. The molecule has 2 rings (SSSR count). The van der Waals surface area contributed by atoms with Crippen molar-refractivity contribution in [3.05, 3.63) is 30.9 Å². The third kappa shape index (κ3) is 2.63. The van der Waals surface area contributed by atoms with Gasteiger partial charge in [-0.25, -0.2) is 14.6 Å². The van der Waals surface area contributed by atoms with Crippen LogP contribution in [0.4, 0.5) is 0 Å². The third-order valence-electron chi connectivity index (χ3n) is 1.80. The molecule has 0 aliphatic heterocycles. The Kier molecular flexibility index (Phi) is 2.72. The van der Waals surface area contributed by atoms with Crippen molar-refractivity contribution in [2.24, 2.45) is 0 Å². The van der Waals surface area contributed by atoms with Crippen LogP contribution in [-0.4, -0.2) is 30.6 Å². The number of carbonyl (C=O) groups excluding carboxylic acids is 1. The summed E-state index contributed by atoms with van der Waals surface area (Å²) in [6, 6.07) is 0. The lowest BCUT2D eigenvalue weighted by atomic mass is 10.4. The van der Waals surface area contributed by atoms with E-state index in [4.69, 9.17) is 0 Å². The third-order valence-corrected chi connectivity index (χ3v) is 1.80. The fraction of sp³-hybridized carbons (Fsp3) is 0.250. The number of nitrogens with one attached hydrogen (secondary N) is 2. The highest BCUT2D eigenvalue weighted by Gasteiger charge is 2.02. The van der Waals surface area contributed by atoms with Crippen molar-refractivity contribution in [3.63, 3.8) is 0 Å². The van der Waals surface area contributed by atoms with Gasteiger partial charge in [0.05, 0.1) is 18.6 Å². The summed E-state index contributed by atoms with van der Waals surface area (Å²) in [5, 5.41) is 6.55. The van der Waals surface area contributed by atoms with Gasteiger partial charge in [-0.1, -0.05) is 0 Å². The lowest BCUT2D eigenvalue weighted by Crippen LogP contribution is -2.27. The summed E-state index contributed by atoms with van der Waals surface area (Å²) < 4.78 is 1.46. The number of imidazole rings is 1. The Balaban J connectivity index is 1.78. The first kappa shape index (κ1) is 9.38. The summed E-state index contributed by atoms with van der Waals surface area (Å²) in [5.41, 5.74) is 0.863. The van der Waals surface area contributed by atoms with Crippen molar-refractivity contribution in [2.45, 2.75) is 13.1 Å². The predicted octanol–water partition coefficient (Wildman–Crippen LogP) is -0.682. The standard InChI is InChI=1S/C8H10N6O/c15-8(3-14-6-10-5-13-14)11-2-7-1-9-4-12-7/h1,4-6H,2-3H2,(H,9,12)(H,11,15). The number of hydrogen-bond acceptors (Lipinski definition) is 4. The van der Waals surface area contributed by atoms with Gasteiger partial charge < -0.3 is 10.3 Å². The SMILES string of the molecule is O=C(Cn1cncn1)NCc1cnc[nH]1. The topological polar surface area (TPSA) is 88.5 Å². The molecule has 2 N–H and O–H groups in total. The van der Waals surface area contributed by atoms with Crippen molar-refractivity contribution in [3.8, 4) is 0 Å². The predicted molar refractivity (Wildman–Crippen MR) is 50.5 cm³/mol. The molecule has 0 aliphatic rings. The Labute approximate surface area is 85.6 Å². The molecule has 7 heteroatoms. The van der Waals surface area contributed by atoms with Crippen LogP contribution in [0.2, 0.25) is 0 Å². The molecule has 2 aromatic heterocycles. The molecule has 0 spiro atoms. The average molecular weight is 206 g/mol. The van der Waals surface area contributed by atoms with Crippen LogP contribution in [0.25, 0.3) is 0 Å². The molecule has 7 nitrogen and oxygen atoms in total. The number of hydrogen-bond donors (Lipinski definition) is 2. The van der Waals surface area contributed by atoms with Crippen LogP contribution in [0.1, 0.15) is 5.69 Å². The van der Waals surface area contributed by atoms with E-state index in [-0.39, 0.29) is 12.5 Å². The van der Waals surface area contributed by atoms with Crippen molar-refractivity contribution in [1.82, 2.24) is 30.0 Å². The van der Waals surface area contributed by atoms with Crippen LogP contribution >= 0.6 is 0 Å². The quantitative estimate of drug-likeness (QED) is 0.693. The van der Waals surface area contributed by atoms with Gasteiger partial charge in [-0.15, -0.1) is 0 Å². The monoisotopic (exact) mass is 206 g/mol. The molecule has 2 heterocycles. The van der Waals surface area contributed by atoms with Crippen molar-refractivity contribution in [1.29, 1.82) is 0 Å². The first-order chi connectivity index (χ1) is 7.34. The van der Waals surface area contributed by atoms with Crippen LogP contribution in [-0.2, 0) is 17.9 Å². The van der Waals surface area contributed by atoms with Gasteiger partial charge in [-0.05, 0) is 0 Å². The van der Waals surface area contributed by atoms with E-state index < -0.39 is 0 Å². The molecule has 0 atom stereocenters.